The lowest BCUT2D eigenvalue weighted by Gasteiger charge is -2.19. The largest absolute Gasteiger partial charge is 0.477 e. The molecule has 2 atom stereocenters. The fraction of sp³-hybridized carbons (Fsp3) is 0.238. The molecule has 0 radical (unpaired) electrons. The molecule has 0 amide bonds. The molecule has 182 valence electrons. The lowest BCUT2D eigenvalue weighted by molar-refractivity contribution is -0.387. The first kappa shape index (κ1) is 24.0. The van der Waals surface area contributed by atoms with Crippen molar-refractivity contribution in [3.63, 3.8) is 0 Å². The molecule has 1 saturated heterocycles. The van der Waals surface area contributed by atoms with E-state index < -0.39 is 26.6 Å². The average Bonchev–Trinajstić information content (AvgIpc) is 3.12. The molecule has 3 aromatic rings. The molecule has 1 aliphatic carbocycles. The van der Waals surface area contributed by atoms with Crippen LogP contribution in [0, 0.1) is 22.0 Å². The summed E-state index contributed by atoms with van der Waals surface area (Å²) in [7, 11) is -4.12. The van der Waals surface area contributed by atoms with Gasteiger partial charge in [-0.3, -0.25) is 10.1 Å². The van der Waals surface area contributed by atoms with E-state index in [9.17, 15) is 28.4 Å². The summed E-state index contributed by atoms with van der Waals surface area (Å²) >= 11 is 18.4. The van der Waals surface area contributed by atoms with E-state index in [4.69, 9.17) is 39.3 Å². The molecule has 10 nitrogen and oxygen atoms in total. The summed E-state index contributed by atoms with van der Waals surface area (Å²) in [4.78, 5) is 22.3. The lowest BCUT2D eigenvalue weighted by Crippen LogP contribution is -2.32. The molecular weight excluding hydrogens is 545 g/mol. The number of hydrogen-bond donors (Lipinski definition) is 1. The van der Waals surface area contributed by atoms with Gasteiger partial charge in [0.2, 0.25) is 10.0 Å². The number of aromatic nitrogens is 1. The zero-order valence-corrected chi connectivity index (χ0v) is 20.5. The Hall–Kier alpha value is -2.70. The predicted octanol–water partition coefficient (Wildman–Crippen LogP) is 4.94. The Bertz CT molecular complexity index is 1470. The number of carbonyl (C=O) groups is 1. The van der Waals surface area contributed by atoms with Crippen LogP contribution in [0.2, 0.25) is 15.1 Å². The SMILES string of the molecule is O=C(O)c1c(-c2c(Cl)cc(Cl)cc2Cl)noc1C1C2CN(S(=O)(=O)c3ccccc3[N+](=O)[O-])CC21. The van der Waals surface area contributed by atoms with Gasteiger partial charge in [-0.2, -0.15) is 4.31 Å². The van der Waals surface area contributed by atoms with Crippen molar-refractivity contribution >= 4 is 56.5 Å². The number of rotatable bonds is 6. The van der Waals surface area contributed by atoms with E-state index in [0.29, 0.717) is 0 Å². The fourth-order valence-corrected chi connectivity index (χ4v) is 7.38. The van der Waals surface area contributed by atoms with Gasteiger partial charge in [-0.25, -0.2) is 13.2 Å². The monoisotopic (exact) mass is 557 g/mol. The van der Waals surface area contributed by atoms with Crippen LogP contribution in [0.5, 0.6) is 0 Å². The minimum Gasteiger partial charge on any atom is -0.477 e. The fourth-order valence-electron chi connectivity index (χ4n) is 4.71. The van der Waals surface area contributed by atoms with Crippen LogP contribution in [0.15, 0.2) is 45.8 Å². The van der Waals surface area contributed by atoms with E-state index in [2.05, 4.69) is 5.16 Å². The van der Waals surface area contributed by atoms with Crippen molar-refractivity contribution in [2.75, 3.05) is 13.1 Å². The van der Waals surface area contributed by atoms with Crippen LogP contribution in [-0.4, -0.2) is 47.0 Å². The molecule has 2 heterocycles. The van der Waals surface area contributed by atoms with E-state index in [1.165, 1.54) is 34.6 Å². The van der Waals surface area contributed by atoms with Gasteiger partial charge < -0.3 is 9.63 Å². The number of nitro benzene ring substituents is 1. The number of para-hydroxylation sites is 1. The highest BCUT2D eigenvalue weighted by Crippen LogP contribution is 2.60. The van der Waals surface area contributed by atoms with Gasteiger partial charge in [0, 0.05) is 35.7 Å². The Morgan fingerprint density at radius 3 is 2.31 bits per heavy atom. The van der Waals surface area contributed by atoms with E-state index in [1.54, 1.807) is 0 Å². The summed E-state index contributed by atoms with van der Waals surface area (Å²) in [5.41, 5.74) is -0.594. The van der Waals surface area contributed by atoms with Crippen LogP contribution >= 0.6 is 34.8 Å². The normalized spacial score (nSPS) is 21.6. The van der Waals surface area contributed by atoms with Crippen LogP contribution in [0.4, 0.5) is 5.69 Å². The second kappa shape index (κ2) is 8.45. The molecule has 1 N–H and O–H groups in total. The summed E-state index contributed by atoms with van der Waals surface area (Å²) in [6.45, 7) is 0.114. The number of carboxylic acids is 1. The Balaban J connectivity index is 1.44. The molecule has 35 heavy (non-hydrogen) atoms. The second-order valence-electron chi connectivity index (χ2n) is 8.22. The van der Waals surface area contributed by atoms with Crippen LogP contribution in [0.3, 0.4) is 0 Å². The number of halogens is 3. The molecule has 2 aliphatic rings. The van der Waals surface area contributed by atoms with Gasteiger partial charge in [-0.1, -0.05) is 52.1 Å². The Labute approximate surface area is 213 Å². The number of aromatic carboxylic acids is 1. The summed E-state index contributed by atoms with van der Waals surface area (Å²) in [6, 6.07) is 7.95. The number of sulfonamides is 1. The van der Waals surface area contributed by atoms with Gasteiger partial charge in [0.25, 0.3) is 5.69 Å². The second-order valence-corrected chi connectivity index (χ2v) is 11.4. The highest BCUT2D eigenvalue weighted by Gasteiger charge is 2.61. The van der Waals surface area contributed by atoms with Crippen molar-refractivity contribution in [3.05, 3.63) is 72.9 Å². The van der Waals surface area contributed by atoms with Crippen molar-refractivity contribution in [2.45, 2.75) is 10.8 Å². The van der Waals surface area contributed by atoms with Crippen molar-refractivity contribution in [1.82, 2.24) is 9.46 Å². The number of nitro groups is 1. The van der Waals surface area contributed by atoms with Gasteiger partial charge in [0.1, 0.15) is 11.3 Å². The zero-order valence-electron chi connectivity index (χ0n) is 17.4. The maximum absolute atomic E-state index is 13.1. The molecule has 2 fully saturated rings. The first-order valence-corrected chi connectivity index (χ1v) is 12.7. The van der Waals surface area contributed by atoms with Gasteiger partial charge >= 0.3 is 5.97 Å². The van der Waals surface area contributed by atoms with Gasteiger partial charge in [-0.15, -0.1) is 0 Å². The number of piperidine rings is 1. The van der Waals surface area contributed by atoms with Crippen LogP contribution in [-0.2, 0) is 10.0 Å². The molecule has 2 unspecified atom stereocenters. The standard InChI is InChI=1S/C21H14Cl3N3O7S/c22-9-5-12(23)17(13(24)6-9)19-18(21(28)29)20(34-25-19)16-10-7-26(8-11(10)16)35(32,33)15-4-2-1-3-14(15)27(30)31/h1-6,10-11,16H,7-8H2,(H,28,29). The van der Waals surface area contributed by atoms with Crippen LogP contribution < -0.4 is 0 Å². The minimum absolute atomic E-state index is 0.0477. The van der Waals surface area contributed by atoms with Gasteiger partial charge in [0.05, 0.1) is 15.0 Å². The van der Waals surface area contributed by atoms with Crippen molar-refractivity contribution in [2.24, 2.45) is 11.8 Å². The molecule has 1 saturated carbocycles. The third kappa shape index (κ3) is 3.87. The van der Waals surface area contributed by atoms with Crippen molar-refractivity contribution in [1.29, 1.82) is 0 Å². The van der Waals surface area contributed by atoms with E-state index in [1.807, 2.05) is 0 Å². The third-order valence-corrected chi connectivity index (χ3v) is 9.01. The summed E-state index contributed by atoms with van der Waals surface area (Å²) in [5, 5.41) is 25.6. The summed E-state index contributed by atoms with van der Waals surface area (Å²) < 4.78 is 32.8. The van der Waals surface area contributed by atoms with E-state index in [0.717, 1.165) is 6.07 Å². The average molecular weight is 559 g/mol. The maximum atomic E-state index is 13.1. The Morgan fingerprint density at radius 2 is 1.74 bits per heavy atom. The first-order chi connectivity index (χ1) is 16.5. The van der Waals surface area contributed by atoms with Crippen LogP contribution in [0.25, 0.3) is 11.3 Å². The molecule has 5 rings (SSSR count). The molecule has 0 bridgehead atoms. The highest BCUT2D eigenvalue weighted by atomic mass is 35.5. The quantitative estimate of drug-likeness (QED) is 0.331. The van der Waals surface area contributed by atoms with Crippen molar-refractivity contribution in [3.8, 4) is 11.3 Å². The molecular formula is C21H14Cl3N3O7S. The molecule has 0 spiro atoms. The smallest absolute Gasteiger partial charge is 0.341 e. The number of benzene rings is 2. The number of hydrogen-bond acceptors (Lipinski definition) is 7. The van der Waals surface area contributed by atoms with Crippen molar-refractivity contribution < 1.29 is 27.8 Å². The summed E-state index contributed by atoms with van der Waals surface area (Å²) in [6.07, 6.45) is 0. The van der Waals surface area contributed by atoms with Gasteiger partial charge in [0.15, 0.2) is 10.7 Å². The number of nitrogens with zero attached hydrogens (tertiary/aromatic N) is 3. The lowest BCUT2D eigenvalue weighted by atomic mass is 10.0. The molecule has 14 heteroatoms. The third-order valence-electron chi connectivity index (χ3n) is 6.32. The Morgan fingerprint density at radius 1 is 1.14 bits per heavy atom. The zero-order chi connectivity index (χ0) is 25.2. The topological polar surface area (TPSA) is 144 Å². The first-order valence-electron chi connectivity index (χ1n) is 10.1. The molecule has 1 aromatic heterocycles. The number of carboxylic acid groups (broad SMARTS) is 1. The van der Waals surface area contributed by atoms with Gasteiger partial charge in [-0.05, 0) is 30.0 Å². The Kier molecular flexibility index (Phi) is 5.80. The van der Waals surface area contributed by atoms with Crippen LogP contribution in [0.1, 0.15) is 22.0 Å². The summed E-state index contributed by atoms with van der Waals surface area (Å²) in [5.74, 6) is -2.05. The highest BCUT2D eigenvalue weighted by molar-refractivity contribution is 7.89. The van der Waals surface area contributed by atoms with E-state index >= 15 is 0 Å². The number of fused-ring (bicyclic) bond motifs is 1. The minimum atomic E-state index is -4.12. The molecule has 2 aromatic carbocycles. The van der Waals surface area contributed by atoms with E-state index in [-0.39, 0.29) is 73.4 Å². The maximum Gasteiger partial charge on any atom is 0.341 e. The molecule has 1 aliphatic heterocycles. The predicted molar refractivity (Wildman–Crippen MR) is 126 cm³/mol.